The third kappa shape index (κ3) is 5.04. The minimum atomic E-state index is -0.498. The summed E-state index contributed by atoms with van der Waals surface area (Å²) in [5.74, 6) is 0.0803. The number of amides is 2. The SMILES string of the molecule is C=C1C=C2N=C(NC(=O)c3c(C(=O)N(C)CCOC)cnn3C)C=CN2C=C1c1cccc(CO)c1. The van der Waals surface area contributed by atoms with Crippen molar-refractivity contribution in [1.29, 1.82) is 0 Å². The molecule has 2 aliphatic rings. The van der Waals surface area contributed by atoms with E-state index in [-0.39, 0.29) is 23.8 Å². The van der Waals surface area contributed by atoms with Gasteiger partial charge >= 0.3 is 0 Å². The van der Waals surface area contributed by atoms with E-state index in [4.69, 9.17) is 4.74 Å². The van der Waals surface area contributed by atoms with Gasteiger partial charge in [0, 0.05) is 45.7 Å². The van der Waals surface area contributed by atoms with Gasteiger partial charge in [0.25, 0.3) is 11.8 Å². The van der Waals surface area contributed by atoms with Gasteiger partial charge in [0.2, 0.25) is 0 Å². The Morgan fingerprint density at radius 3 is 2.86 bits per heavy atom. The molecule has 1 aromatic carbocycles. The van der Waals surface area contributed by atoms with Gasteiger partial charge in [0.05, 0.1) is 25.0 Å². The minimum Gasteiger partial charge on any atom is -0.392 e. The number of nitrogens with one attached hydrogen (secondary N) is 1. The smallest absolute Gasteiger partial charge is 0.275 e. The number of methoxy groups -OCH3 is 1. The average molecular weight is 489 g/mol. The van der Waals surface area contributed by atoms with Crippen LogP contribution in [0.4, 0.5) is 0 Å². The lowest BCUT2D eigenvalue weighted by atomic mass is 9.96. The number of fused-ring (bicyclic) bond motifs is 1. The van der Waals surface area contributed by atoms with Gasteiger partial charge in [-0.15, -0.1) is 0 Å². The molecule has 0 saturated carbocycles. The number of aromatic nitrogens is 2. The first kappa shape index (κ1) is 24.8. The van der Waals surface area contributed by atoms with Crippen molar-refractivity contribution in [2.45, 2.75) is 6.61 Å². The first-order valence-corrected chi connectivity index (χ1v) is 11.3. The predicted molar refractivity (Wildman–Crippen MR) is 135 cm³/mol. The second-order valence-electron chi connectivity index (χ2n) is 8.35. The molecule has 0 atom stereocenters. The largest absolute Gasteiger partial charge is 0.392 e. The number of hydrogen-bond acceptors (Lipinski definition) is 7. The molecule has 10 nitrogen and oxygen atoms in total. The number of hydrogen-bond donors (Lipinski definition) is 2. The van der Waals surface area contributed by atoms with Crippen LogP contribution in [-0.2, 0) is 18.4 Å². The quantitative estimate of drug-likeness (QED) is 0.617. The summed E-state index contributed by atoms with van der Waals surface area (Å²) >= 11 is 0. The lowest BCUT2D eigenvalue weighted by Crippen LogP contribution is -2.36. The second kappa shape index (κ2) is 10.5. The molecule has 2 amide bonds. The molecule has 0 saturated heterocycles. The standard InChI is InChI=1S/C26H28N6O4/c1-17-12-23-28-22(8-9-32(23)15-21(17)19-7-5-6-18(13-19)16-33)29-25(34)24-20(14-27-31(24)3)26(35)30(2)10-11-36-4/h5-9,12-15,33H,1,10-11,16H2,2-4H3,(H,28,29,34). The maximum Gasteiger partial charge on any atom is 0.275 e. The lowest BCUT2D eigenvalue weighted by molar-refractivity contribution is 0.0738. The summed E-state index contributed by atoms with van der Waals surface area (Å²) in [6.45, 7) is 4.87. The minimum absolute atomic E-state index is 0.0426. The highest BCUT2D eigenvalue weighted by molar-refractivity contribution is 6.14. The fraction of sp³-hybridized carbons (Fsp3) is 0.231. The summed E-state index contributed by atoms with van der Waals surface area (Å²) in [6.07, 6.45) is 8.56. The number of aliphatic imine (C=N–C) groups is 1. The highest BCUT2D eigenvalue weighted by Gasteiger charge is 2.26. The number of amidine groups is 1. The number of aliphatic hydroxyl groups excluding tert-OH is 1. The Labute approximate surface area is 209 Å². The summed E-state index contributed by atoms with van der Waals surface area (Å²) < 4.78 is 6.39. The maximum atomic E-state index is 13.1. The van der Waals surface area contributed by atoms with Gasteiger partial charge in [-0.05, 0) is 34.9 Å². The molecule has 0 aliphatic carbocycles. The van der Waals surface area contributed by atoms with Gasteiger partial charge in [0.15, 0.2) is 0 Å². The molecule has 10 heteroatoms. The highest BCUT2D eigenvalue weighted by Crippen LogP contribution is 2.32. The van der Waals surface area contributed by atoms with E-state index in [1.54, 1.807) is 33.5 Å². The van der Waals surface area contributed by atoms with Crippen LogP contribution < -0.4 is 5.32 Å². The van der Waals surface area contributed by atoms with Crippen molar-refractivity contribution in [3.63, 3.8) is 0 Å². The van der Waals surface area contributed by atoms with Crippen molar-refractivity contribution in [3.05, 3.63) is 95.4 Å². The summed E-state index contributed by atoms with van der Waals surface area (Å²) in [7, 11) is 4.80. The summed E-state index contributed by atoms with van der Waals surface area (Å²) in [5.41, 5.74) is 3.72. The normalized spacial score (nSPS) is 14.6. The van der Waals surface area contributed by atoms with Crippen LogP contribution in [0.25, 0.3) is 5.57 Å². The van der Waals surface area contributed by atoms with Crippen LogP contribution in [0.5, 0.6) is 0 Å². The summed E-state index contributed by atoms with van der Waals surface area (Å²) in [4.78, 5) is 33.8. The lowest BCUT2D eigenvalue weighted by Gasteiger charge is -2.27. The van der Waals surface area contributed by atoms with Crippen molar-refractivity contribution in [2.75, 3.05) is 27.3 Å². The fourth-order valence-electron chi connectivity index (χ4n) is 3.86. The predicted octanol–water partition coefficient (Wildman–Crippen LogP) is 2.04. The topological polar surface area (TPSA) is 112 Å². The molecule has 2 N–H and O–H groups in total. The van der Waals surface area contributed by atoms with E-state index in [1.165, 1.54) is 15.8 Å². The van der Waals surface area contributed by atoms with Gasteiger partial charge in [-0.25, -0.2) is 4.99 Å². The molecule has 0 unspecified atom stereocenters. The van der Waals surface area contributed by atoms with Crippen LogP contribution in [0.1, 0.15) is 32.0 Å². The van der Waals surface area contributed by atoms with E-state index in [2.05, 4.69) is 22.0 Å². The molecule has 36 heavy (non-hydrogen) atoms. The van der Waals surface area contributed by atoms with Gasteiger partial charge in [-0.3, -0.25) is 14.3 Å². The Morgan fingerprint density at radius 2 is 2.11 bits per heavy atom. The molecule has 3 heterocycles. The van der Waals surface area contributed by atoms with Crippen LogP contribution in [0, 0.1) is 0 Å². The molecule has 0 spiro atoms. The van der Waals surface area contributed by atoms with Crippen molar-refractivity contribution in [3.8, 4) is 0 Å². The molecular weight excluding hydrogens is 460 g/mol. The molecule has 0 radical (unpaired) electrons. The molecule has 0 fully saturated rings. The first-order valence-electron chi connectivity index (χ1n) is 11.3. The van der Waals surface area contributed by atoms with E-state index >= 15 is 0 Å². The molecule has 1 aromatic heterocycles. The van der Waals surface area contributed by atoms with E-state index in [0.717, 1.165) is 22.3 Å². The zero-order valence-electron chi connectivity index (χ0n) is 20.4. The molecule has 186 valence electrons. The summed E-state index contributed by atoms with van der Waals surface area (Å²) in [5, 5.41) is 16.3. The maximum absolute atomic E-state index is 13.1. The zero-order chi connectivity index (χ0) is 25.8. The molecule has 2 aliphatic heterocycles. The number of benzene rings is 1. The van der Waals surface area contributed by atoms with Crippen LogP contribution >= 0.6 is 0 Å². The Balaban J connectivity index is 1.51. The van der Waals surface area contributed by atoms with Crippen molar-refractivity contribution in [1.82, 2.24) is 24.9 Å². The van der Waals surface area contributed by atoms with E-state index in [0.29, 0.717) is 24.8 Å². The second-order valence-corrected chi connectivity index (χ2v) is 8.35. The van der Waals surface area contributed by atoms with Crippen molar-refractivity contribution < 1.29 is 19.4 Å². The molecule has 4 rings (SSSR count). The van der Waals surface area contributed by atoms with Crippen LogP contribution in [0.2, 0.25) is 0 Å². The van der Waals surface area contributed by atoms with Gasteiger partial charge in [0.1, 0.15) is 17.4 Å². The molecular formula is C26H28N6O4. The van der Waals surface area contributed by atoms with Crippen molar-refractivity contribution >= 4 is 23.2 Å². The number of ether oxygens (including phenoxy) is 1. The Bertz CT molecular complexity index is 1330. The number of aryl methyl sites for hydroxylation is 1. The number of allylic oxidation sites excluding steroid dienone is 3. The highest BCUT2D eigenvalue weighted by atomic mass is 16.5. The third-order valence-corrected chi connectivity index (χ3v) is 5.83. The number of nitrogens with zero attached hydrogens (tertiary/aromatic N) is 5. The zero-order valence-corrected chi connectivity index (χ0v) is 20.4. The summed E-state index contributed by atoms with van der Waals surface area (Å²) in [6, 6.07) is 7.61. The van der Waals surface area contributed by atoms with Crippen molar-refractivity contribution in [2.24, 2.45) is 12.0 Å². The number of likely N-dealkylation sites (N-methyl/N-ethyl adjacent to an activating group) is 1. The van der Waals surface area contributed by atoms with E-state index in [1.807, 2.05) is 41.4 Å². The Morgan fingerprint density at radius 1 is 1.31 bits per heavy atom. The number of aliphatic hydroxyl groups is 1. The van der Waals surface area contributed by atoms with Gasteiger partial charge < -0.3 is 25.0 Å². The average Bonchev–Trinajstić information content (AvgIpc) is 3.27. The number of carbonyl (C=O) groups is 2. The number of carbonyl (C=O) groups excluding carboxylic acids is 2. The molecule has 2 aromatic rings. The van der Waals surface area contributed by atoms with Crippen LogP contribution in [0.3, 0.4) is 0 Å². The fourth-order valence-corrected chi connectivity index (χ4v) is 3.86. The Hall–Kier alpha value is -4.28. The van der Waals surface area contributed by atoms with Gasteiger partial charge in [-0.2, -0.15) is 5.10 Å². The van der Waals surface area contributed by atoms with Crippen LogP contribution in [-0.4, -0.2) is 69.6 Å². The Kier molecular flexibility index (Phi) is 7.28. The van der Waals surface area contributed by atoms with Gasteiger partial charge in [-0.1, -0.05) is 24.8 Å². The van der Waals surface area contributed by atoms with E-state index < -0.39 is 5.91 Å². The first-order chi connectivity index (χ1) is 17.3. The third-order valence-electron chi connectivity index (χ3n) is 5.83. The van der Waals surface area contributed by atoms with E-state index in [9.17, 15) is 14.7 Å². The number of rotatable bonds is 7. The van der Waals surface area contributed by atoms with Crippen LogP contribution in [0.15, 0.2) is 78.0 Å². The molecule has 0 bridgehead atoms. The monoisotopic (exact) mass is 488 g/mol.